The van der Waals surface area contributed by atoms with Crippen LogP contribution >= 0.6 is 0 Å². The zero-order chi connectivity index (χ0) is 16.2. The Hall–Kier alpha value is -2.62. The third-order valence-corrected chi connectivity index (χ3v) is 3.88. The normalized spacial score (nSPS) is 10.9. The summed E-state index contributed by atoms with van der Waals surface area (Å²) in [6, 6.07) is 13.8. The lowest BCUT2D eigenvalue weighted by atomic mass is 10.1. The van der Waals surface area contributed by atoms with Crippen LogP contribution < -0.4 is 10.2 Å². The summed E-state index contributed by atoms with van der Waals surface area (Å²) in [4.78, 5) is 11.8. The van der Waals surface area contributed by atoms with Crippen molar-refractivity contribution in [3.8, 4) is 5.75 Å². The molecule has 1 heterocycles. The smallest absolute Gasteiger partial charge is 0.207 e. The molecule has 1 aromatic heterocycles. The van der Waals surface area contributed by atoms with E-state index in [-0.39, 0.29) is 5.43 Å². The van der Waals surface area contributed by atoms with E-state index in [9.17, 15) is 4.79 Å². The van der Waals surface area contributed by atoms with E-state index in [1.54, 1.807) is 0 Å². The van der Waals surface area contributed by atoms with Crippen molar-refractivity contribution in [2.75, 3.05) is 6.61 Å². The summed E-state index contributed by atoms with van der Waals surface area (Å²) in [6.45, 7) is 5.44. The average Bonchev–Trinajstić information content (AvgIpc) is 2.56. The van der Waals surface area contributed by atoms with Gasteiger partial charge in [-0.15, -0.1) is 0 Å². The van der Waals surface area contributed by atoms with Crippen molar-refractivity contribution < 1.29 is 4.74 Å². The molecule has 3 rings (SSSR count). The van der Waals surface area contributed by atoms with E-state index in [2.05, 4.69) is 30.2 Å². The second-order valence-corrected chi connectivity index (χ2v) is 5.72. The van der Waals surface area contributed by atoms with Crippen LogP contribution in [0.2, 0.25) is 0 Å². The molecule has 0 aliphatic carbocycles. The minimum Gasteiger partial charge on any atom is -0.493 e. The summed E-state index contributed by atoms with van der Waals surface area (Å²) < 4.78 is 7.74. The van der Waals surface area contributed by atoms with Crippen LogP contribution in [0, 0.1) is 13.8 Å². The Balaban J connectivity index is 1.67. The van der Waals surface area contributed by atoms with Gasteiger partial charge in [-0.3, -0.25) is 9.48 Å². The molecular formula is C19H20N2O2. The summed E-state index contributed by atoms with van der Waals surface area (Å²) in [5.41, 5.74) is 3.16. The number of para-hydroxylation sites is 1. The summed E-state index contributed by atoms with van der Waals surface area (Å²) in [5.74, 6) is 0.933. The molecule has 0 atom stereocenters. The third kappa shape index (κ3) is 3.42. The quantitative estimate of drug-likeness (QED) is 0.678. The maximum absolute atomic E-state index is 11.8. The van der Waals surface area contributed by atoms with Gasteiger partial charge >= 0.3 is 0 Å². The molecule has 0 saturated heterocycles. The fourth-order valence-electron chi connectivity index (χ4n) is 2.60. The summed E-state index contributed by atoms with van der Waals surface area (Å²) >= 11 is 0. The van der Waals surface area contributed by atoms with Crippen LogP contribution in [0.25, 0.3) is 10.9 Å². The number of fused-ring (bicyclic) bond motifs is 1. The Labute approximate surface area is 135 Å². The molecule has 0 saturated carbocycles. The first-order chi connectivity index (χ1) is 11.1. The highest BCUT2D eigenvalue weighted by molar-refractivity contribution is 5.77. The highest BCUT2D eigenvalue weighted by Crippen LogP contribution is 2.19. The van der Waals surface area contributed by atoms with E-state index in [1.165, 1.54) is 11.8 Å². The maximum Gasteiger partial charge on any atom is 0.207 e. The molecule has 4 heteroatoms. The zero-order valence-electron chi connectivity index (χ0n) is 13.5. The van der Waals surface area contributed by atoms with Gasteiger partial charge in [-0.25, -0.2) is 0 Å². The lowest BCUT2D eigenvalue weighted by Gasteiger charge is -2.12. The van der Waals surface area contributed by atoms with Crippen molar-refractivity contribution >= 4 is 10.9 Å². The van der Waals surface area contributed by atoms with Gasteiger partial charge in [0.2, 0.25) is 5.43 Å². The highest BCUT2D eigenvalue weighted by atomic mass is 16.5. The minimum absolute atomic E-state index is 0.0384. The molecule has 2 aromatic carbocycles. The molecule has 0 aliphatic rings. The van der Waals surface area contributed by atoms with Crippen molar-refractivity contribution in [1.82, 2.24) is 9.78 Å². The van der Waals surface area contributed by atoms with Crippen LogP contribution in [0.3, 0.4) is 0 Å². The van der Waals surface area contributed by atoms with Gasteiger partial charge in [0, 0.05) is 18.4 Å². The number of nitrogens with zero attached hydrogens (tertiary/aromatic N) is 2. The molecule has 4 nitrogen and oxygen atoms in total. The van der Waals surface area contributed by atoms with Crippen molar-refractivity contribution in [3.05, 3.63) is 70.0 Å². The van der Waals surface area contributed by atoms with E-state index >= 15 is 0 Å². The fourth-order valence-corrected chi connectivity index (χ4v) is 2.60. The second kappa shape index (κ2) is 6.65. The first-order valence-electron chi connectivity index (χ1n) is 7.80. The van der Waals surface area contributed by atoms with Gasteiger partial charge in [0.05, 0.1) is 18.3 Å². The largest absolute Gasteiger partial charge is 0.493 e. The van der Waals surface area contributed by atoms with Gasteiger partial charge < -0.3 is 4.74 Å². The van der Waals surface area contributed by atoms with E-state index < -0.39 is 0 Å². The predicted octanol–water partition coefficient (Wildman–Crippen LogP) is 3.48. The Morgan fingerprint density at radius 3 is 2.83 bits per heavy atom. The Kier molecular flexibility index (Phi) is 4.42. The molecule has 0 bridgehead atoms. The van der Waals surface area contributed by atoms with Gasteiger partial charge in [0.15, 0.2) is 0 Å². The molecule has 0 aliphatic heterocycles. The van der Waals surface area contributed by atoms with Gasteiger partial charge in [-0.05, 0) is 43.2 Å². The van der Waals surface area contributed by atoms with Crippen molar-refractivity contribution in [3.63, 3.8) is 0 Å². The van der Waals surface area contributed by atoms with Crippen molar-refractivity contribution in [1.29, 1.82) is 0 Å². The monoisotopic (exact) mass is 308 g/mol. The molecule has 0 radical (unpaired) electrons. The molecule has 0 amide bonds. The van der Waals surface area contributed by atoms with Gasteiger partial charge in [0.25, 0.3) is 0 Å². The SMILES string of the molecule is Cc1ccc(C)c(OCCCn2ncc(=O)c3ccccc32)c1. The van der Waals surface area contributed by atoms with E-state index in [0.29, 0.717) is 18.5 Å². The van der Waals surface area contributed by atoms with Gasteiger partial charge in [0.1, 0.15) is 5.75 Å². The lowest BCUT2D eigenvalue weighted by Crippen LogP contribution is -2.14. The lowest BCUT2D eigenvalue weighted by molar-refractivity contribution is 0.297. The third-order valence-electron chi connectivity index (χ3n) is 3.88. The summed E-state index contributed by atoms with van der Waals surface area (Å²) in [6.07, 6.45) is 2.21. The number of rotatable bonds is 5. The number of aromatic nitrogens is 2. The standard InChI is InChI=1S/C19H20N2O2/c1-14-8-9-15(2)19(12-14)23-11-5-10-21-17-7-4-3-6-16(17)18(22)13-20-21/h3-4,6-9,12-13H,5,10-11H2,1-2H3. The molecule has 0 N–H and O–H groups in total. The fraction of sp³-hybridized carbons (Fsp3) is 0.263. The van der Waals surface area contributed by atoms with Gasteiger partial charge in [-0.1, -0.05) is 24.3 Å². The Bertz CT molecular complexity index is 884. The minimum atomic E-state index is -0.0384. The molecular weight excluding hydrogens is 288 g/mol. The predicted molar refractivity (Wildman–Crippen MR) is 92.0 cm³/mol. The molecule has 0 fully saturated rings. The average molecular weight is 308 g/mol. The number of benzene rings is 2. The van der Waals surface area contributed by atoms with E-state index in [4.69, 9.17) is 4.74 Å². The highest BCUT2D eigenvalue weighted by Gasteiger charge is 2.04. The van der Waals surface area contributed by atoms with Gasteiger partial charge in [-0.2, -0.15) is 5.10 Å². The first-order valence-corrected chi connectivity index (χ1v) is 7.80. The van der Waals surface area contributed by atoms with Crippen LogP contribution in [0.1, 0.15) is 17.5 Å². The number of ether oxygens (including phenoxy) is 1. The van der Waals surface area contributed by atoms with Crippen molar-refractivity contribution in [2.45, 2.75) is 26.8 Å². The molecule has 3 aromatic rings. The Morgan fingerprint density at radius 1 is 1.13 bits per heavy atom. The van der Waals surface area contributed by atoms with Crippen LogP contribution in [0.5, 0.6) is 5.75 Å². The van der Waals surface area contributed by atoms with E-state index in [1.807, 2.05) is 35.9 Å². The van der Waals surface area contributed by atoms with Crippen LogP contribution in [-0.2, 0) is 6.54 Å². The zero-order valence-corrected chi connectivity index (χ0v) is 13.5. The van der Waals surface area contributed by atoms with Crippen molar-refractivity contribution in [2.24, 2.45) is 0 Å². The Morgan fingerprint density at radius 2 is 1.96 bits per heavy atom. The summed E-state index contributed by atoms with van der Waals surface area (Å²) in [5, 5.41) is 4.94. The molecule has 0 unspecified atom stereocenters. The number of aryl methyl sites for hydroxylation is 3. The molecule has 118 valence electrons. The first kappa shape index (κ1) is 15.3. The summed E-state index contributed by atoms with van der Waals surface area (Å²) in [7, 11) is 0. The second-order valence-electron chi connectivity index (χ2n) is 5.72. The molecule has 0 spiro atoms. The molecule has 23 heavy (non-hydrogen) atoms. The number of hydrogen-bond acceptors (Lipinski definition) is 3. The van der Waals surface area contributed by atoms with Crippen LogP contribution in [-0.4, -0.2) is 16.4 Å². The number of hydrogen-bond donors (Lipinski definition) is 0. The van der Waals surface area contributed by atoms with Crippen LogP contribution in [0.4, 0.5) is 0 Å². The maximum atomic E-state index is 11.8. The topological polar surface area (TPSA) is 44.1 Å². The van der Waals surface area contributed by atoms with E-state index in [0.717, 1.165) is 23.3 Å². The van der Waals surface area contributed by atoms with Crippen LogP contribution in [0.15, 0.2) is 53.5 Å².